The molecule has 0 radical (unpaired) electrons. The number of halogens is 1. The second-order valence-electron chi connectivity index (χ2n) is 4.60. The summed E-state index contributed by atoms with van der Waals surface area (Å²) in [4.78, 5) is 2.67. The Kier molecular flexibility index (Phi) is 2.48. The van der Waals surface area contributed by atoms with E-state index in [1.807, 2.05) is 0 Å². The van der Waals surface area contributed by atoms with Crippen molar-refractivity contribution in [2.24, 2.45) is 5.41 Å². The highest BCUT2D eigenvalue weighted by Gasteiger charge is 2.43. The lowest BCUT2D eigenvalue weighted by molar-refractivity contribution is 0.225. The van der Waals surface area contributed by atoms with Gasteiger partial charge in [0, 0.05) is 17.9 Å². The van der Waals surface area contributed by atoms with Crippen LogP contribution >= 0.6 is 15.9 Å². The fourth-order valence-electron chi connectivity index (χ4n) is 2.17. The van der Waals surface area contributed by atoms with E-state index in [1.54, 1.807) is 0 Å². The lowest BCUT2D eigenvalue weighted by Crippen LogP contribution is -2.33. The molecule has 0 aromatic rings. The Balaban J connectivity index is 1.86. The van der Waals surface area contributed by atoms with Gasteiger partial charge in [0.1, 0.15) is 0 Å². The molecule has 2 aliphatic rings. The first-order chi connectivity index (χ1) is 5.76. The third-order valence-electron chi connectivity index (χ3n) is 3.47. The highest BCUT2D eigenvalue weighted by Crippen LogP contribution is 2.48. The molecular formula is C10H18BrN. The lowest BCUT2D eigenvalue weighted by Gasteiger charge is -2.25. The topological polar surface area (TPSA) is 3.24 Å². The smallest absolute Gasteiger partial charge is 0.0100 e. The third kappa shape index (κ3) is 1.69. The van der Waals surface area contributed by atoms with Crippen LogP contribution in [0.15, 0.2) is 0 Å². The van der Waals surface area contributed by atoms with Gasteiger partial charge in [0.15, 0.2) is 0 Å². The van der Waals surface area contributed by atoms with Crippen LogP contribution in [-0.2, 0) is 0 Å². The minimum atomic E-state index is 0.679. The van der Waals surface area contributed by atoms with Crippen molar-refractivity contribution in [3.8, 4) is 0 Å². The van der Waals surface area contributed by atoms with Crippen molar-refractivity contribution < 1.29 is 0 Å². The van der Waals surface area contributed by atoms with Crippen molar-refractivity contribution in [2.75, 3.05) is 18.4 Å². The highest BCUT2D eigenvalue weighted by molar-refractivity contribution is 9.09. The quantitative estimate of drug-likeness (QED) is 0.676. The molecule has 1 aliphatic carbocycles. The number of nitrogens with zero attached hydrogens (tertiary/aromatic N) is 1. The van der Waals surface area contributed by atoms with E-state index in [-0.39, 0.29) is 0 Å². The fourth-order valence-corrected chi connectivity index (χ4v) is 2.91. The van der Waals surface area contributed by atoms with Gasteiger partial charge in [-0.3, -0.25) is 0 Å². The van der Waals surface area contributed by atoms with Crippen molar-refractivity contribution in [2.45, 2.75) is 38.6 Å². The monoisotopic (exact) mass is 231 g/mol. The van der Waals surface area contributed by atoms with Crippen LogP contribution in [0.5, 0.6) is 0 Å². The van der Waals surface area contributed by atoms with Gasteiger partial charge in [-0.25, -0.2) is 0 Å². The summed E-state index contributed by atoms with van der Waals surface area (Å²) in [6.07, 6.45) is 5.72. The van der Waals surface area contributed by atoms with Crippen molar-refractivity contribution in [3.05, 3.63) is 0 Å². The van der Waals surface area contributed by atoms with Gasteiger partial charge in [0.2, 0.25) is 0 Å². The summed E-state index contributed by atoms with van der Waals surface area (Å²) >= 11 is 3.63. The molecular weight excluding hydrogens is 214 g/mol. The Hall–Kier alpha value is 0.440. The molecule has 0 N–H and O–H groups in total. The predicted molar refractivity (Wildman–Crippen MR) is 55.7 cm³/mol. The van der Waals surface area contributed by atoms with Gasteiger partial charge in [-0.2, -0.15) is 0 Å². The minimum Gasteiger partial charge on any atom is -0.300 e. The SMILES string of the molecule is CC1CCCN1CC1(CBr)CC1. The maximum absolute atomic E-state index is 3.63. The van der Waals surface area contributed by atoms with E-state index in [2.05, 4.69) is 27.8 Å². The van der Waals surface area contributed by atoms with Gasteiger partial charge < -0.3 is 4.90 Å². The molecule has 1 aliphatic heterocycles. The summed E-state index contributed by atoms with van der Waals surface area (Å²) in [5.41, 5.74) is 0.679. The molecule has 2 fully saturated rings. The number of likely N-dealkylation sites (tertiary alicyclic amines) is 1. The molecule has 1 saturated heterocycles. The molecule has 1 heterocycles. The molecule has 1 nitrogen and oxygen atoms in total. The van der Waals surface area contributed by atoms with Gasteiger partial charge in [0.05, 0.1) is 0 Å². The molecule has 0 aromatic heterocycles. The molecule has 1 saturated carbocycles. The molecule has 2 heteroatoms. The molecule has 0 bridgehead atoms. The summed E-state index contributed by atoms with van der Waals surface area (Å²) in [5, 5.41) is 1.21. The molecule has 1 atom stereocenters. The van der Waals surface area contributed by atoms with Crippen LogP contribution in [-0.4, -0.2) is 29.4 Å². The van der Waals surface area contributed by atoms with E-state index in [0.29, 0.717) is 5.41 Å². The minimum absolute atomic E-state index is 0.679. The molecule has 12 heavy (non-hydrogen) atoms. The van der Waals surface area contributed by atoms with Crippen molar-refractivity contribution in [1.29, 1.82) is 0 Å². The van der Waals surface area contributed by atoms with E-state index >= 15 is 0 Å². The molecule has 2 rings (SSSR count). The Morgan fingerprint density at radius 2 is 2.25 bits per heavy atom. The molecule has 0 aromatic carbocycles. The summed E-state index contributed by atoms with van der Waals surface area (Å²) in [7, 11) is 0. The molecule has 0 amide bonds. The van der Waals surface area contributed by atoms with Crippen molar-refractivity contribution in [3.63, 3.8) is 0 Å². The predicted octanol–water partition coefficient (Wildman–Crippen LogP) is 2.65. The van der Waals surface area contributed by atoms with Gasteiger partial charge in [-0.05, 0) is 44.6 Å². The summed E-state index contributed by atoms with van der Waals surface area (Å²) in [5.74, 6) is 0. The Bertz CT molecular complexity index is 165. The van der Waals surface area contributed by atoms with Crippen LogP contribution in [0.1, 0.15) is 32.6 Å². The second kappa shape index (κ2) is 3.30. The van der Waals surface area contributed by atoms with E-state index in [1.165, 1.54) is 44.1 Å². The van der Waals surface area contributed by atoms with E-state index in [0.717, 1.165) is 6.04 Å². The standard InChI is InChI=1S/C10H18BrN/c1-9-3-2-6-12(9)8-10(7-11)4-5-10/h9H,2-8H2,1H3. The first-order valence-corrected chi connectivity index (χ1v) is 6.18. The van der Waals surface area contributed by atoms with E-state index < -0.39 is 0 Å². The number of rotatable bonds is 3. The van der Waals surface area contributed by atoms with Crippen molar-refractivity contribution in [1.82, 2.24) is 4.90 Å². The molecule has 70 valence electrons. The number of alkyl halides is 1. The van der Waals surface area contributed by atoms with Gasteiger partial charge in [-0.1, -0.05) is 15.9 Å². The van der Waals surface area contributed by atoms with Crippen LogP contribution in [0.2, 0.25) is 0 Å². The van der Waals surface area contributed by atoms with Gasteiger partial charge >= 0.3 is 0 Å². The average molecular weight is 232 g/mol. The molecule has 0 spiro atoms. The Labute approximate surface area is 83.6 Å². The highest BCUT2D eigenvalue weighted by atomic mass is 79.9. The zero-order valence-corrected chi connectivity index (χ0v) is 9.44. The third-order valence-corrected chi connectivity index (χ3v) is 4.66. The largest absolute Gasteiger partial charge is 0.300 e. The summed E-state index contributed by atoms with van der Waals surface area (Å²) < 4.78 is 0. The zero-order valence-electron chi connectivity index (χ0n) is 7.85. The number of hydrogen-bond acceptors (Lipinski definition) is 1. The second-order valence-corrected chi connectivity index (χ2v) is 5.16. The lowest BCUT2D eigenvalue weighted by atomic mass is 10.1. The fraction of sp³-hybridized carbons (Fsp3) is 1.00. The number of hydrogen-bond donors (Lipinski definition) is 0. The summed E-state index contributed by atoms with van der Waals surface area (Å²) in [6, 6.07) is 0.849. The van der Waals surface area contributed by atoms with Crippen LogP contribution in [0.3, 0.4) is 0 Å². The maximum Gasteiger partial charge on any atom is 0.0100 e. The Morgan fingerprint density at radius 1 is 1.50 bits per heavy atom. The van der Waals surface area contributed by atoms with Gasteiger partial charge in [-0.15, -0.1) is 0 Å². The zero-order chi connectivity index (χ0) is 8.60. The normalized spacial score (nSPS) is 34.0. The van der Waals surface area contributed by atoms with Crippen LogP contribution in [0.4, 0.5) is 0 Å². The van der Waals surface area contributed by atoms with Gasteiger partial charge in [0.25, 0.3) is 0 Å². The van der Waals surface area contributed by atoms with E-state index in [9.17, 15) is 0 Å². The molecule has 1 unspecified atom stereocenters. The van der Waals surface area contributed by atoms with Crippen LogP contribution in [0, 0.1) is 5.41 Å². The van der Waals surface area contributed by atoms with Crippen LogP contribution < -0.4 is 0 Å². The first kappa shape index (κ1) is 9.01. The van der Waals surface area contributed by atoms with Crippen LogP contribution in [0.25, 0.3) is 0 Å². The summed E-state index contributed by atoms with van der Waals surface area (Å²) in [6.45, 7) is 5.06. The van der Waals surface area contributed by atoms with Crippen molar-refractivity contribution >= 4 is 15.9 Å². The average Bonchev–Trinajstić information content (AvgIpc) is 2.74. The Morgan fingerprint density at radius 3 is 2.67 bits per heavy atom. The first-order valence-electron chi connectivity index (χ1n) is 5.06. The van der Waals surface area contributed by atoms with E-state index in [4.69, 9.17) is 0 Å². The maximum atomic E-state index is 3.63.